The summed E-state index contributed by atoms with van der Waals surface area (Å²) in [7, 11) is 1.99. The van der Waals surface area contributed by atoms with Gasteiger partial charge in [-0.2, -0.15) is 5.10 Å². The van der Waals surface area contributed by atoms with Gasteiger partial charge >= 0.3 is 0 Å². The predicted octanol–water partition coefficient (Wildman–Crippen LogP) is 3.21. The lowest BCUT2D eigenvalue weighted by molar-refractivity contribution is 0.339. The quantitative estimate of drug-likeness (QED) is 0.922. The molecule has 0 spiro atoms. The van der Waals surface area contributed by atoms with Gasteiger partial charge in [0, 0.05) is 30.6 Å². The Hall–Kier alpha value is -1.81. The van der Waals surface area contributed by atoms with E-state index in [4.69, 9.17) is 10.5 Å². The number of hydrogen-bond acceptors (Lipinski definition) is 3. The molecule has 4 heteroatoms. The molecule has 2 rings (SSSR count). The molecule has 2 aromatic rings. The summed E-state index contributed by atoms with van der Waals surface area (Å²) in [6, 6.07) is 10.3. The average Bonchev–Trinajstić information content (AvgIpc) is 2.83. The van der Waals surface area contributed by atoms with Crippen molar-refractivity contribution >= 4 is 0 Å². The number of benzene rings is 1. The highest BCUT2D eigenvalue weighted by molar-refractivity contribution is 5.36. The Morgan fingerprint density at radius 2 is 2.00 bits per heavy atom. The SMILES string of the molecule is CCOc1cccc(C(CN)c2cc(C(C)(C)C)nn2C)c1. The van der Waals surface area contributed by atoms with Gasteiger partial charge in [0.25, 0.3) is 0 Å². The van der Waals surface area contributed by atoms with E-state index < -0.39 is 0 Å². The molecule has 4 nitrogen and oxygen atoms in total. The molecule has 0 radical (unpaired) electrons. The Labute approximate surface area is 133 Å². The summed E-state index contributed by atoms with van der Waals surface area (Å²) in [6.07, 6.45) is 0. The normalized spacial score (nSPS) is 13.2. The van der Waals surface area contributed by atoms with E-state index in [2.05, 4.69) is 44.1 Å². The minimum Gasteiger partial charge on any atom is -0.494 e. The first-order valence-electron chi connectivity index (χ1n) is 7.84. The fourth-order valence-electron chi connectivity index (χ4n) is 2.59. The molecule has 0 saturated carbocycles. The zero-order valence-corrected chi connectivity index (χ0v) is 14.3. The first-order chi connectivity index (χ1) is 10.4. The molecular weight excluding hydrogens is 274 g/mol. The number of aryl methyl sites for hydroxylation is 1. The van der Waals surface area contributed by atoms with Crippen LogP contribution in [0.1, 0.15) is 50.6 Å². The largest absolute Gasteiger partial charge is 0.494 e. The van der Waals surface area contributed by atoms with Gasteiger partial charge in [-0.3, -0.25) is 4.68 Å². The molecule has 1 unspecified atom stereocenters. The molecule has 0 fully saturated rings. The van der Waals surface area contributed by atoms with E-state index in [0.29, 0.717) is 13.2 Å². The van der Waals surface area contributed by atoms with Gasteiger partial charge in [-0.05, 0) is 30.7 Å². The van der Waals surface area contributed by atoms with Gasteiger partial charge in [0.2, 0.25) is 0 Å². The first kappa shape index (κ1) is 16.6. The zero-order chi connectivity index (χ0) is 16.3. The topological polar surface area (TPSA) is 53.1 Å². The molecule has 1 heterocycles. The lowest BCUT2D eigenvalue weighted by Gasteiger charge is -2.17. The summed E-state index contributed by atoms with van der Waals surface area (Å²) in [5.74, 6) is 1.01. The minimum absolute atomic E-state index is 0.0301. The van der Waals surface area contributed by atoms with E-state index in [1.54, 1.807) is 0 Å². The van der Waals surface area contributed by atoms with Crippen molar-refractivity contribution in [3.63, 3.8) is 0 Å². The van der Waals surface area contributed by atoms with Crippen LogP contribution in [-0.2, 0) is 12.5 Å². The Morgan fingerprint density at radius 3 is 2.55 bits per heavy atom. The van der Waals surface area contributed by atoms with Crippen LogP contribution in [0.25, 0.3) is 0 Å². The summed E-state index contributed by atoms with van der Waals surface area (Å²) in [5, 5.41) is 4.66. The average molecular weight is 301 g/mol. The Morgan fingerprint density at radius 1 is 1.27 bits per heavy atom. The third-order valence-corrected chi connectivity index (χ3v) is 3.85. The maximum absolute atomic E-state index is 6.07. The Balaban J connectivity index is 2.40. The van der Waals surface area contributed by atoms with Gasteiger partial charge in [0.15, 0.2) is 0 Å². The Bertz CT molecular complexity index is 626. The van der Waals surface area contributed by atoms with E-state index in [0.717, 1.165) is 22.7 Å². The molecular formula is C18H27N3O. The van der Waals surface area contributed by atoms with Crippen LogP contribution in [0.4, 0.5) is 0 Å². The number of aromatic nitrogens is 2. The van der Waals surface area contributed by atoms with Gasteiger partial charge in [0.1, 0.15) is 5.75 Å². The van der Waals surface area contributed by atoms with Crippen LogP contribution in [0.2, 0.25) is 0 Å². The van der Waals surface area contributed by atoms with Crippen LogP contribution in [0.5, 0.6) is 5.75 Å². The van der Waals surface area contributed by atoms with Gasteiger partial charge in [-0.15, -0.1) is 0 Å². The lowest BCUT2D eigenvalue weighted by Crippen LogP contribution is -2.17. The summed E-state index contributed by atoms with van der Waals surface area (Å²) >= 11 is 0. The third-order valence-electron chi connectivity index (χ3n) is 3.85. The van der Waals surface area contributed by atoms with Crippen molar-refractivity contribution in [2.45, 2.75) is 39.0 Å². The van der Waals surface area contributed by atoms with Gasteiger partial charge < -0.3 is 10.5 Å². The fraction of sp³-hybridized carbons (Fsp3) is 0.500. The third kappa shape index (κ3) is 3.50. The van der Waals surface area contributed by atoms with Crippen LogP contribution in [0.15, 0.2) is 30.3 Å². The second kappa shape index (κ2) is 6.53. The standard InChI is InChI=1S/C18H27N3O/c1-6-22-14-9-7-8-13(10-14)15(12-19)16-11-17(18(2,3)4)20-21(16)5/h7-11,15H,6,12,19H2,1-5H3. The van der Waals surface area contributed by atoms with Crippen molar-refractivity contribution in [1.29, 1.82) is 0 Å². The summed E-state index contributed by atoms with van der Waals surface area (Å²) in [6.45, 7) is 9.71. The van der Waals surface area contributed by atoms with Crippen molar-refractivity contribution in [1.82, 2.24) is 9.78 Å². The van der Waals surface area contributed by atoms with Crippen molar-refractivity contribution in [2.24, 2.45) is 12.8 Å². The summed E-state index contributed by atoms with van der Waals surface area (Å²) in [4.78, 5) is 0. The highest BCUT2D eigenvalue weighted by atomic mass is 16.5. The number of rotatable bonds is 5. The molecule has 0 bridgehead atoms. The van der Waals surface area contributed by atoms with Crippen LogP contribution in [0, 0.1) is 0 Å². The van der Waals surface area contributed by atoms with Crippen LogP contribution in [-0.4, -0.2) is 22.9 Å². The number of ether oxygens (including phenoxy) is 1. The number of nitrogens with two attached hydrogens (primary N) is 1. The molecule has 22 heavy (non-hydrogen) atoms. The van der Waals surface area contributed by atoms with Crippen LogP contribution >= 0.6 is 0 Å². The zero-order valence-electron chi connectivity index (χ0n) is 14.3. The molecule has 1 aromatic carbocycles. The summed E-state index contributed by atoms with van der Waals surface area (Å²) in [5.41, 5.74) is 9.49. The van der Waals surface area contributed by atoms with Gasteiger partial charge in [0.05, 0.1) is 12.3 Å². The van der Waals surface area contributed by atoms with Crippen LogP contribution < -0.4 is 10.5 Å². The molecule has 2 N–H and O–H groups in total. The summed E-state index contributed by atoms with van der Waals surface area (Å²) < 4.78 is 7.55. The maximum Gasteiger partial charge on any atom is 0.119 e. The second-order valence-corrected chi connectivity index (χ2v) is 6.62. The molecule has 0 aliphatic carbocycles. The number of nitrogens with zero attached hydrogens (tertiary/aromatic N) is 2. The molecule has 0 aliphatic heterocycles. The van der Waals surface area contributed by atoms with E-state index in [1.165, 1.54) is 0 Å². The molecule has 1 atom stereocenters. The predicted molar refractivity (Wildman–Crippen MR) is 90.4 cm³/mol. The van der Waals surface area contributed by atoms with Crippen molar-refractivity contribution in [2.75, 3.05) is 13.2 Å². The van der Waals surface area contributed by atoms with Gasteiger partial charge in [-0.1, -0.05) is 32.9 Å². The van der Waals surface area contributed by atoms with E-state index >= 15 is 0 Å². The monoisotopic (exact) mass is 301 g/mol. The highest BCUT2D eigenvalue weighted by Gasteiger charge is 2.23. The van der Waals surface area contributed by atoms with E-state index in [9.17, 15) is 0 Å². The van der Waals surface area contributed by atoms with E-state index in [1.807, 2.05) is 30.8 Å². The van der Waals surface area contributed by atoms with Crippen LogP contribution in [0.3, 0.4) is 0 Å². The number of hydrogen-bond donors (Lipinski definition) is 1. The smallest absolute Gasteiger partial charge is 0.119 e. The lowest BCUT2D eigenvalue weighted by atomic mass is 9.90. The van der Waals surface area contributed by atoms with Crippen molar-refractivity contribution < 1.29 is 4.74 Å². The minimum atomic E-state index is 0.0301. The molecule has 0 amide bonds. The highest BCUT2D eigenvalue weighted by Crippen LogP contribution is 2.29. The Kier molecular flexibility index (Phi) is 4.91. The first-order valence-corrected chi connectivity index (χ1v) is 7.84. The second-order valence-electron chi connectivity index (χ2n) is 6.62. The molecule has 0 saturated heterocycles. The molecule has 0 aliphatic rings. The van der Waals surface area contributed by atoms with Crippen molar-refractivity contribution in [3.05, 3.63) is 47.3 Å². The molecule has 120 valence electrons. The maximum atomic E-state index is 6.07. The van der Waals surface area contributed by atoms with Gasteiger partial charge in [-0.25, -0.2) is 0 Å². The van der Waals surface area contributed by atoms with Crippen molar-refractivity contribution in [3.8, 4) is 5.75 Å². The van der Waals surface area contributed by atoms with E-state index in [-0.39, 0.29) is 11.3 Å². The fourth-order valence-corrected chi connectivity index (χ4v) is 2.59. The molecule has 1 aromatic heterocycles.